The fourth-order valence-corrected chi connectivity index (χ4v) is 3.22. The summed E-state index contributed by atoms with van der Waals surface area (Å²) in [5.74, 6) is 0.356. The quantitative estimate of drug-likeness (QED) is 0.438. The molecule has 30 heavy (non-hydrogen) atoms. The predicted molar refractivity (Wildman–Crippen MR) is 106 cm³/mol. The van der Waals surface area contributed by atoms with Crippen molar-refractivity contribution < 1.29 is 39.4 Å². The van der Waals surface area contributed by atoms with Crippen LogP contribution >= 0.6 is 0 Å². The summed E-state index contributed by atoms with van der Waals surface area (Å²) >= 11 is 0. The van der Waals surface area contributed by atoms with Crippen molar-refractivity contribution in [3.05, 3.63) is 48.0 Å². The van der Waals surface area contributed by atoms with Crippen LogP contribution in [0.5, 0.6) is 11.5 Å². The van der Waals surface area contributed by atoms with Gasteiger partial charge in [-0.1, -0.05) is 18.2 Å². The summed E-state index contributed by atoms with van der Waals surface area (Å²) in [6.07, 6.45) is -6.94. The van der Waals surface area contributed by atoms with Gasteiger partial charge in [0.15, 0.2) is 11.5 Å². The number of carbonyl (C=O) groups excluding carboxylic acids is 1. The normalized spacial score (nSPS) is 26.1. The van der Waals surface area contributed by atoms with Crippen molar-refractivity contribution in [1.82, 2.24) is 5.32 Å². The van der Waals surface area contributed by atoms with E-state index in [4.69, 9.17) is 14.2 Å². The number of benzene rings is 2. The van der Waals surface area contributed by atoms with Crippen LogP contribution in [0.15, 0.2) is 42.5 Å². The van der Waals surface area contributed by atoms with E-state index < -0.39 is 37.3 Å². The van der Waals surface area contributed by atoms with Crippen molar-refractivity contribution in [3.8, 4) is 22.6 Å². The van der Waals surface area contributed by atoms with Crippen LogP contribution in [-0.2, 0) is 4.74 Å². The Morgan fingerprint density at radius 2 is 1.77 bits per heavy atom. The number of hydrogen-bond acceptors (Lipinski definition) is 8. The van der Waals surface area contributed by atoms with Crippen LogP contribution in [0, 0.1) is 0 Å². The molecule has 1 fully saturated rings. The molecule has 0 aliphatic carbocycles. The van der Waals surface area contributed by atoms with Gasteiger partial charge in [-0.15, -0.1) is 0 Å². The van der Waals surface area contributed by atoms with E-state index in [1.54, 1.807) is 43.4 Å². The summed E-state index contributed by atoms with van der Waals surface area (Å²) in [7, 11) is 3.00. The van der Waals surface area contributed by atoms with Gasteiger partial charge in [0.1, 0.15) is 24.4 Å². The molecule has 1 aliphatic heterocycles. The Balaban J connectivity index is 1.85. The van der Waals surface area contributed by atoms with Crippen LogP contribution in [0.4, 0.5) is 0 Å². The third kappa shape index (κ3) is 4.40. The molecule has 0 saturated carbocycles. The molecule has 1 saturated heterocycles. The van der Waals surface area contributed by atoms with Gasteiger partial charge in [0.05, 0.1) is 13.7 Å². The lowest BCUT2D eigenvalue weighted by Crippen LogP contribution is -2.60. The Morgan fingerprint density at radius 3 is 2.43 bits per heavy atom. The number of amides is 1. The fourth-order valence-electron chi connectivity index (χ4n) is 3.22. The van der Waals surface area contributed by atoms with Gasteiger partial charge < -0.3 is 40.0 Å². The fraction of sp³-hybridized carbons (Fsp3) is 0.381. The van der Waals surface area contributed by atoms with Gasteiger partial charge in [-0.25, -0.2) is 0 Å². The first-order valence-electron chi connectivity index (χ1n) is 9.37. The number of rotatable bonds is 6. The van der Waals surface area contributed by atoms with Gasteiger partial charge >= 0.3 is 0 Å². The minimum atomic E-state index is -1.54. The van der Waals surface area contributed by atoms with Crippen molar-refractivity contribution in [2.75, 3.05) is 20.8 Å². The third-order valence-electron chi connectivity index (χ3n) is 4.94. The molecule has 3 unspecified atom stereocenters. The molecule has 0 spiro atoms. The second-order valence-corrected chi connectivity index (χ2v) is 6.84. The second kappa shape index (κ2) is 9.41. The summed E-state index contributed by atoms with van der Waals surface area (Å²) in [6.45, 7) is -0.553. The molecule has 1 amide bonds. The van der Waals surface area contributed by atoms with Gasteiger partial charge in [0, 0.05) is 12.6 Å². The lowest BCUT2D eigenvalue weighted by atomic mass is 9.99. The number of ether oxygens (including phenoxy) is 3. The van der Waals surface area contributed by atoms with Crippen LogP contribution in [-0.4, -0.2) is 77.8 Å². The molecule has 162 valence electrons. The van der Waals surface area contributed by atoms with E-state index in [0.717, 1.165) is 11.1 Å². The molecule has 0 radical (unpaired) electrons. The van der Waals surface area contributed by atoms with Crippen LogP contribution in [0.2, 0.25) is 0 Å². The molecule has 5 N–H and O–H groups in total. The van der Waals surface area contributed by atoms with E-state index in [2.05, 4.69) is 5.32 Å². The summed E-state index contributed by atoms with van der Waals surface area (Å²) in [5.41, 5.74) is 2.06. The number of hydrogen-bond donors (Lipinski definition) is 5. The van der Waals surface area contributed by atoms with Crippen LogP contribution in [0.3, 0.4) is 0 Å². The Kier molecular flexibility index (Phi) is 6.91. The molecule has 1 aliphatic rings. The van der Waals surface area contributed by atoms with Gasteiger partial charge in [0.25, 0.3) is 5.91 Å². The molecule has 3 rings (SSSR count). The van der Waals surface area contributed by atoms with Gasteiger partial charge in [-0.3, -0.25) is 4.79 Å². The highest BCUT2D eigenvalue weighted by atomic mass is 16.7. The monoisotopic (exact) mass is 419 g/mol. The lowest BCUT2D eigenvalue weighted by Gasteiger charge is -2.39. The van der Waals surface area contributed by atoms with E-state index in [1.807, 2.05) is 6.07 Å². The van der Waals surface area contributed by atoms with Crippen molar-refractivity contribution in [2.45, 2.75) is 30.7 Å². The Labute approximate surface area is 173 Å². The molecule has 9 nitrogen and oxygen atoms in total. The molecule has 0 aromatic heterocycles. The Hall–Kier alpha value is -2.69. The van der Waals surface area contributed by atoms with E-state index in [9.17, 15) is 25.2 Å². The molecule has 1 heterocycles. The molecule has 2 aromatic rings. The molecule has 5 atom stereocenters. The van der Waals surface area contributed by atoms with E-state index >= 15 is 0 Å². The van der Waals surface area contributed by atoms with E-state index in [1.165, 1.54) is 7.11 Å². The number of carbonyl (C=O) groups is 1. The minimum absolute atomic E-state index is 0.202. The summed E-state index contributed by atoms with van der Waals surface area (Å²) < 4.78 is 16.4. The lowest BCUT2D eigenvalue weighted by molar-refractivity contribution is -0.277. The topological polar surface area (TPSA) is 138 Å². The first-order valence-corrected chi connectivity index (χ1v) is 9.37. The van der Waals surface area contributed by atoms with Gasteiger partial charge in [-0.05, 0) is 35.4 Å². The zero-order valence-electron chi connectivity index (χ0n) is 16.6. The van der Waals surface area contributed by atoms with E-state index in [0.29, 0.717) is 11.3 Å². The molecule has 2 aromatic carbocycles. The van der Waals surface area contributed by atoms with E-state index in [-0.39, 0.29) is 11.7 Å². The smallest absolute Gasteiger partial charge is 0.251 e. The third-order valence-corrected chi connectivity index (χ3v) is 4.94. The second-order valence-electron chi connectivity index (χ2n) is 6.84. The summed E-state index contributed by atoms with van der Waals surface area (Å²) in [4.78, 5) is 11.9. The highest BCUT2D eigenvalue weighted by Crippen LogP contribution is 2.35. The zero-order chi connectivity index (χ0) is 21.8. The predicted octanol–water partition coefficient (Wildman–Crippen LogP) is -0.0995. The van der Waals surface area contributed by atoms with Crippen molar-refractivity contribution >= 4 is 5.91 Å². The number of aliphatic hydroxyl groups excluding tert-OH is 4. The summed E-state index contributed by atoms with van der Waals surface area (Å²) in [5, 5.41) is 41.9. The zero-order valence-corrected chi connectivity index (χ0v) is 16.6. The van der Waals surface area contributed by atoms with Crippen molar-refractivity contribution in [2.24, 2.45) is 0 Å². The summed E-state index contributed by atoms with van der Waals surface area (Å²) in [6, 6.07) is 12.1. The SMILES string of the molecule is CNC(=O)c1cccc(-c2ccc(O[C@H]3OC(CO)[C@@H](O)C(O)C3O)c(OC)c2)c1. The highest BCUT2D eigenvalue weighted by molar-refractivity contribution is 5.95. The van der Waals surface area contributed by atoms with Gasteiger partial charge in [0.2, 0.25) is 6.29 Å². The molecule has 9 heteroatoms. The van der Waals surface area contributed by atoms with Gasteiger partial charge in [-0.2, -0.15) is 0 Å². The molecule has 0 bridgehead atoms. The average Bonchev–Trinajstić information content (AvgIpc) is 2.79. The maximum absolute atomic E-state index is 11.9. The van der Waals surface area contributed by atoms with Crippen molar-refractivity contribution in [3.63, 3.8) is 0 Å². The van der Waals surface area contributed by atoms with Crippen molar-refractivity contribution in [1.29, 1.82) is 0 Å². The standard InChI is InChI=1S/C21H25NO8/c1-22-20(27)13-5-3-4-11(8-13)12-6-7-14(15(9-12)28-2)29-21-19(26)18(25)17(24)16(10-23)30-21/h3-9,16-19,21,23-26H,10H2,1-2H3,(H,22,27)/t16?,17-,18?,19?,21+/m1/s1. The molecular weight excluding hydrogens is 394 g/mol. The largest absolute Gasteiger partial charge is 0.493 e. The average molecular weight is 419 g/mol. The Morgan fingerprint density at radius 1 is 1.03 bits per heavy atom. The van der Waals surface area contributed by atoms with Crippen LogP contribution < -0.4 is 14.8 Å². The minimum Gasteiger partial charge on any atom is -0.493 e. The van der Waals surface area contributed by atoms with Crippen LogP contribution in [0.1, 0.15) is 10.4 Å². The Bertz CT molecular complexity index is 887. The maximum Gasteiger partial charge on any atom is 0.251 e. The number of nitrogens with one attached hydrogen (secondary N) is 1. The maximum atomic E-state index is 11.9. The first kappa shape index (κ1) is 22.0. The first-order chi connectivity index (χ1) is 14.4. The number of aliphatic hydroxyl groups is 4. The number of methoxy groups -OCH3 is 1. The van der Waals surface area contributed by atoms with Crippen LogP contribution in [0.25, 0.3) is 11.1 Å². The highest BCUT2D eigenvalue weighted by Gasteiger charge is 2.44. The molecular formula is C21H25NO8.